The molecule has 0 amide bonds. The van der Waals surface area contributed by atoms with Crippen molar-refractivity contribution in [2.45, 2.75) is 38.3 Å². The van der Waals surface area contributed by atoms with E-state index >= 15 is 0 Å². The number of halogens is 3. The molecule has 0 radical (unpaired) electrons. The number of rotatable bonds is 3. The molecule has 120 valence electrons. The summed E-state index contributed by atoms with van der Waals surface area (Å²) in [5.41, 5.74) is 5.40. The molecule has 1 fully saturated rings. The Labute approximate surface area is 124 Å². The summed E-state index contributed by atoms with van der Waals surface area (Å²) in [6, 6.07) is 0. The zero-order valence-corrected chi connectivity index (χ0v) is 11.8. The lowest BCUT2D eigenvalue weighted by atomic mass is 9.90. The van der Waals surface area contributed by atoms with Gasteiger partial charge < -0.3 is 15.5 Å². The van der Waals surface area contributed by atoms with Gasteiger partial charge in [0.2, 0.25) is 17.7 Å². The number of anilines is 1. The number of alkyl halides is 3. The predicted molar refractivity (Wildman–Crippen MR) is 73.2 cm³/mol. The second kappa shape index (κ2) is 5.62. The lowest BCUT2D eigenvalue weighted by Crippen LogP contribution is -2.16. The Balaban J connectivity index is 1.85. The summed E-state index contributed by atoms with van der Waals surface area (Å²) in [6.07, 6.45) is 1.04. The van der Waals surface area contributed by atoms with Crippen molar-refractivity contribution in [2.24, 2.45) is 5.92 Å². The number of aromatic nitrogens is 4. The van der Waals surface area contributed by atoms with Gasteiger partial charge in [0.05, 0.1) is 6.61 Å². The molecular weight excluding hydrogens is 299 g/mol. The second-order valence-corrected chi connectivity index (χ2v) is 5.48. The van der Waals surface area contributed by atoms with E-state index in [9.17, 15) is 13.2 Å². The second-order valence-electron chi connectivity index (χ2n) is 5.48. The molecule has 2 heterocycles. The highest BCUT2D eigenvalue weighted by Crippen LogP contribution is 2.31. The molecule has 3 N–H and O–H groups in total. The van der Waals surface area contributed by atoms with Crippen LogP contribution in [0.25, 0.3) is 11.2 Å². The van der Waals surface area contributed by atoms with Gasteiger partial charge in [-0.1, -0.05) is 19.3 Å². The summed E-state index contributed by atoms with van der Waals surface area (Å²) in [5, 5.41) is 0. The number of hydrogen-bond acceptors (Lipinski definition) is 5. The van der Waals surface area contributed by atoms with E-state index < -0.39 is 12.0 Å². The molecule has 0 saturated heterocycles. The van der Waals surface area contributed by atoms with Crippen LogP contribution in [0.3, 0.4) is 0 Å². The number of ether oxygens (including phenoxy) is 1. The maximum absolute atomic E-state index is 12.7. The molecular formula is C13H16F3N5O. The first-order valence-electron chi connectivity index (χ1n) is 7.16. The molecule has 1 aliphatic rings. The van der Waals surface area contributed by atoms with Crippen LogP contribution in [-0.4, -0.2) is 26.5 Å². The normalized spacial score (nSPS) is 17.0. The zero-order valence-electron chi connectivity index (χ0n) is 11.8. The van der Waals surface area contributed by atoms with E-state index in [0.717, 1.165) is 25.7 Å². The third kappa shape index (κ3) is 3.07. The van der Waals surface area contributed by atoms with Gasteiger partial charge in [-0.25, -0.2) is 4.98 Å². The first kappa shape index (κ1) is 14.9. The van der Waals surface area contributed by atoms with Crippen molar-refractivity contribution in [3.05, 3.63) is 5.82 Å². The maximum Gasteiger partial charge on any atom is 0.449 e. The first-order valence-corrected chi connectivity index (χ1v) is 7.16. The van der Waals surface area contributed by atoms with E-state index in [1.54, 1.807) is 0 Å². The van der Waals surface area contributed by atoms with Crippen LogP contribution in [-0.2, 0) is 6.18 Å². The number of imidazole rings is 1. The number of nitrogens with two attached hydrogens (primary N) is 1. The standard InChI is InChI=1S/C13H16F3N5O/c14-13(15,16)11-18-8-9(19-11)20-12(17)21-10(8)22-6-7-4-2-1-3-5-7/h7H,1-6H2,(H3,17,18,19,20,21). The van der Waals surface area contributed by atoms with E-state index in [1.807, 2.05) is 0 Å². The largest absolute Gasteiger partial charge is 0.476 e. The molecule has 0 aromatic carbocycles. The van der Waals surface area contributed by atoms with Crippen LogP contribution in [0, 0.1) is 5.92 Å². The zero-order chi connectivity index (χ0) is 15.7. The third-order valence-electron chi connectivity index (χ3n) is 3.78. The quantitative estimate of drug-likeness (QED) is 0.909. The van der Waals surface area contributed by atoms with E-state index in [1.165, 1.54) is 6.42 Å². The van der Waals surface area contributed by atoms with Crippen molar-refractivity contribution >= 4 is 17.1 Å². The van der Waals surface area contributed by atoms with Gasteiger partial charge in [-0.05, 0) is 18.8 Å². The number of nitrogens with zero attached hydrogens (tertiary/aromatic N) is 3. The lowest BCUT2D eigenvalue weighted by molar-refractivity contribution is -0.144. The summed E-state index contributed by atoms with van der Waals surface area (Å²) in [5.74, 6) is -0.877. The molecule has 0 atom stereocenters. The maximum atomic E-state index is 12.7. The number of H-pyrrole nitrogens is 1. The first-order chi connectivity index (χ1) is 10.4. The molecule has 22 heavy (non-hydrogen) atoms. The average Bonchev–Trinajstić information content (AvgIpc) is 2.90. The van der Waals surface area contributed by atoms with Crippen molar-refractivity contribution in [3.63, 3.8) is 0 Å². The van der Waals surface area contributed by atoms with Crippen LogP contribution in [0.5, 0.6) is 5.88 Å². The SMILES string of the molecule is Nc1nc(OCC2CCCCC2)c2[nH]c(C(F)(F)F)nc2n1. The molecule has 2 aromatic heterocycles. The molecule has 6 nitrogen and oxygen atoms in total. The Hall–Kier alpha value is -2.06. The predicted octanol–water partition coefficient (Wildman–Crippen LogP) is 2.91. The Kier molecular flexibility index (Phi) is 3.79. The minimum absolute atomic E-state index is 0.0241. The summed E-state index contributed by atoms with van der Waals surface area (Å²) in [4.78, 5) is 13.2. The Morgan fingerprint density at radius 3 is 2.55 bits per heavy atom. The highest BCUT2D eigenvalue weighted by molar-refractivity contribution is 5.77. The fourth-order valence-electron chi connectivity index (χ4n) is 2.68. The van der Waals surface area contributed by atoms with Gasteiger partial charge in [0.15, 0.2) is 5.65 Å². The third-order valence-corrected chi connectivity index (χ3v) is 3.78. The molecule has 1 saturated carbocycles. The lowest BCUT2D eigenvalue weighted by Gasteiger charge is -2.21. The molecule has 0 unspecified atom stereocenters. The number of nitrogens with one attached hydrogen (secondary N) is 1. The van der Waals surface area contributed by atoms with Crippen LogP contribution in [0.15, 0.2) is 0 Å². The summed E-state index contributed by atoms with van der Waals surface area (Å²) >= 11 is 0. The summed E-state index contributed by atoms with van der Waals surface area (Å²) in [6.45, 7) is 0.409. The van der Waals surface area contributed by atoms with E-state index in [-0.39, 0.29) is 23.0 Å². The average molecular weight is 315 g/mol. The van der Waals surface area contributed by atoms with Crippen molar-refractivity contribution in [1.29, 1.82) is 0 Å². The van der Waals surface area contributed by atoms with E-state index in [2.05, 4.69) is 19.9 Å². The van der Waals surface area contributed by atoms with Crippen molar-refractivity contribution in [2.75, 3.05) is 12.3 Å². The van der Waals surface area contributed by atoms with Gasteiger partial charge in [-0.15, -0.1) is 0 Å². The van der Waals surface area contributed by atoms with Gasteiger partial charge in [-0.2, -0.15) is 23.1 Å². The molecule has 0 aliphatic heterocycles. The number of hydrogen-bond donors (Lipinski definition) is 2. The highest BCUT2D eigenvalue weighted by atomic mass is 19.4. The molecule has 0 bridgehead atoms. The fraction of sp³-hybridized carbons (Fsp3) is 0.615. The van der Waals surface area contributed by atoms with Crippen LogP contribution in [0.2, 0.25) is 0 Å². The highest BCUT2D eigenvalue weighted by Gasteiger charge is 2.35. The van der Waals surface area contributed by atoms with Crippen molar-refractivity contribution < 1.29 is 17.9 Å². The van der Waals surface area contributed by atoms with Crippen LogP contribution in [0.4, 0.5) is 19.1 Å². The Morgan fingerprint density at radius 1 is 1.14 bits per heavy atom. The van der Waals surface area contributed by atoms with Crippen LogP contribution in [0.1, 0.15) is 37.9 Å². The minimum atomic E-state index is -4.59. The Morgan fingerprint density at radius 2 is 1.86 bits per heavy atom. The Bertz CT molecular complexity index is 663. The van der Waals surface area contributed by atoms with E-state index in [4.69, 9.17) is 10.5 Å². The van der Waals surface area contributed by atoms with Gasteiger partial charge in [0.1, 0.15) is 5.52 Å². The molecule has 0 spiro atoms. The van der Waals surface area contributed by atoms with Gasteiger partial charge >= 0.3 is 6.18 Å². The fourth-order valence-corrected chi connectivity index (χ4v) is 2.68. The summed E-state index contributed by atoms with van der Waals surface area (Å²) in [7, 11) is 0. The van der Waals surface area contributed by atoms with Crippen LogP contribution < -0.4 is 10.5 Å². The minimum Gasteiger partial charge on any atom is -0.476 e. The van der Waals surface area contributed by atoms with E-state index in [0.29, 0.717) is 12.5 Å². The number of nitrogen functional groups attached to an aromatic ring is 1. The number of aromatic amines is 1. The van der Waals surface area contributed by atoms with Crippen molar-refractivity contribution in [1.82, 2.24) is 19.9 Å². The van der Waals surface area contributed by atoms with Gasteiger partial charge in [0.25, 0.3) is 0 Å². The number of fused-ring (bicyclic) bond motifs is 1. The monoisotopic (exact) mass is 315 g/mol. The smallest absolute Gasteiger partial charge is 0.449 e. The topological polar surface area (TPSA) is 89.7 Å². The van der Waals surface area contributed by atoms with Gasteiger partial charge in [0, 0.05) is 0 Å². The molecule has 9 heteroatoms. The molecule has 1 aliphatic carbocycles. The summed E-state index contributed by atoms with van der Waals surface area (Å²) < 4.78 is 43.8. The van der Waals surface area contributed by atoms with Gasteiger partial charge in [-0.3, -0.25) is 0 Å². The van der Waals surface area contributed by atoms with Crippen molar-refractivity contribution in [3.8, 4) is 5.88 Å². The molecule has 2 aromatic rings. The van der Waals surface area contributed by atoms with Crippen LogP contribution >= 0.6 is 0 Å². The molecule has 3 rings (SSSR count).